The molecular formula is C92H126B5Br3O14. The Balaban J connectivity index is 0.000000195. The summed E-state index contributed by atoms with van der Waals surface area (Å²) >= 11 is 10.6. The van der Waals surface area contributed by atoms with Crippen LogP contribution in [0, 0.1) is 23.7 Å². The molecule has 0 aromatic heterocycles. The first-order valence-corrected chi connectivity index (χ1v) is 42.3. The highest BCUT2D eigenvalue weighted by molar-refractivity contribution is 9.11. The van der Waals surface area contributed by atoms with Gasteiger partial charge >= 0.3 is 35.4 Å². The van der Waals surface area contributed by atoms with Crippen molar-refractivity contribution < 1.29 is 66.2 Å². The van der Waals surface area contributed by atoms with Crippen molar-refractivity contribution in [3.63, 3.8) is 0 Å². The van der Waals surface area contributed by atoms with Crippen LogP contribution in [0.5, 0.6) is 23.0 Å². The third-order valence-corrected chi connectivity index (χ3v) is 23.3. The van der Waals surface area contributed by atoms with Crippen LogP contribution in [0.25, 0.3) is 33.4 Å². The number of hydrogen-bond acceptors (Lipinski definition) is 14. The second-order valence-electron chi connectivity index (χ2n) is 35.6. The van der Waals surface area contributed by atoms with Gasteiger partial charge in [-0.3, -0.25) is 0 Å². The average Bonchev–Trinajstić information content (AvgIpc) is 1.59. The van der Waals surface area contributed by atoms with Gasteiger partial charge in [-0.2, -0.15) is 0 Å². The van der Waals surface area contributed by atoms with E-state index in [2.05, 4.69) is 250 Å². The van der Waals surface area contributed by atoms with Gasteiger partial charge < -0.3 is 66.2 Å². The van der Waals surface area contributed by atoms with Gasteiger partial charge in [-0.25, -0.2) is 0 Å². The Hall–Kier alpha value is -5.68. The zero-order valence-corrected chi connectivity index (χ0v) is 77.9. The normalized spacial score (nSPS) is 17.5. The highest BCUT2D eigenvalue weighted by Gasteiger charge is 2.64. The van der Waals surface area contributed by atoms with Crippen LogP contribution in [0.3, 0.4) is 0 Å². The summed E-state index contributed by atoms with van der Waals surface area (Å²) in [5.74, 6) is 5.66. The van der Waals surface area contributed by atoms with Crippen molar-refractivity contribution >= 4 is 99.6 Å². The molecule has 0 amide bonds. The first-order valence-electron chi connectivity index (χ1n) is 39.9. The van der Waals surface area contributed by atoms with Gasteiger partial charge in [0.2, 0.25) is 0 Å². The summed E-state index contributed by atoms with van der Waals surface area (Å²) in [6, 6.07) is 57.5. The van der Waals surface area contributed by atoms with Gasteiger partial charge in [-0.15, -0.1) is 0 Å². The minimum absolute atomic E-state index is 0.351. The zero-order valence-electron chi connectivity index (χ0n) is 73.1. The summed E-state index contributed by atoms with van der Waals surface area (Å²) in [4.78, 5) is 0. The number of halogens is 3. The highest BCUT2D eigenvalue weighted by atomic mass is 79.9. The molecule has 4 saturated heterocycles. The molecule has 614 valence electrons. The van der Waals surface area contributed by atoms with Crippen LogP contribution < -0.4 is 35.3 Å². The molecule has 4 aliphatic rings. The van der Waals surface area contributed by atoms with E-state index in [1.165, 1.54) is 34.9 Å². The lowest BCUT2D eigenvalue weighted by Gasteiger charge is -2.32. The second kappa shape index (κ2) is 40.4. The Morgan fingerprint density at radius 3 is 0.816 bits per heavy atom. The Labute approximate surface area is 711 Å². The molecule has 14 nitrogen and oxygen atoms in total. The summed E-state index contributed by atoms with van der Waals surface area (Å²) in [6.07, 6.45) is 4.24. The van der Waals surface area contributed by atoms with Crippen LogP contribution in [0.2, 0.25) is 0 Å². The minimum atomic E-state index is -1.47. The van der Waals surface area contributed by atoms with Crippen molar-refractivity contribution in [2.45, 2.75) is 237 Å². The first-order chi connectivity index (χ1) is 53.1. The predicted molar refractivity (Wildman–Crippen MR) is 485 cm³/mol. The van der Waals surface area contributed by atoms with E-state index in [4.69, 9.17) is 66.2 Å². The van der Waals surface area contributed by atoms with E-state index in [-0.39, 0.29) is 59.0 Å². The lowest BCUT2D eigenvalue weighted by atomic mass is 9.49. The molecule has 8 aromatic carbocycles. The maximum Gasteiger partial charge on any atom is 0.494 e. The molecule has 22 heteroatoms. The molecule has 0 radical (unpaired) electrons. The third-order valence-electron chi connectivity index (χ3n) is 22.0. The van der Waals surface area contributed by atoms with Crippen molar-refractivity contribution in [3.05, 3.63) is 206 Å². The van der Waals surface area contributed by atoms with Crippen LogP contribution >= 0.6 is 47.8 Å². The van der Waals surface area contributed by atoms with E-state index in [1.54, 1.807) is 45.6 Å². The Kier molecular flexibility index (Phi) is 33.8. The molecule has 0 spiro atoms. The standard InChI is InChI=1S/2C23H31BO3.C17H19BrO.C12H24B2O4.C10H12Br2.C7H9BO3/c2*1-16(2)12-17-13-18(20-10-8-9-11-21(20)25-7)15-19(14-17)24-26-22(3,4)23(5,6)27-24;1-12(2)8-13-9-14(11-15(18)10-13)16-6-4-5-7-17(16)19-3;1-9(2)10(3,4)16-13(15-9)14-17-11(5,6)12(7,8)18-14;1-7(2)3-8-4-9(11)6-10(12)5-8;1-11-7-5-3-2-4-6(7)8(9)10/h2*8-11,13-16H,12H2,1-7H3;4-7,9-12H,8H2,1-3H3;1-8H3;4-7H,3H2,1-2H3;2-5,9-10H,1H3. The molecule has 8 aromatic rings. The van der Waals surface area contributed by atoms with Crippen molar-refractivity contribution in [3.8, 4) is 56.4 Å². The summed E-state index contributed by atoms with van der Waals surface area (Å²) in [5.41, 5.74) is 11.8. The number of para-hydroxylation sites is 4. The molecular weight excluding hydrogens is 1620 g/mol. The number of benzene rings is 8. The van der Waals surface area contributed by atoms with Gasteiger partial charge in [0, 0.05) is 35.6 Å². The van der Waals surface area contributed by atoms with Gasteiger partial charge in [-0.05, 0) is 265 Å². The third kappa shape index (κ3) is 25.7. The lowest BCUT2D eigenvalue weighted by molar-refractivity contribution is 0.00578. The maximum absolute atomic E-state index is 8.81. The first kappa shape index (κ1) is 95.5. The topological polar surface area (TPSA) is 151 Å². The molecule has 0 aliphatic carbocycles. The molecule has 0 bridgehead atoms. The molecule has 0 unspecified atom stereocenters. The highest BCUT2D eigenvalue weighted by Crippen LogP contribution is 2.45. The lowest BCUT2D eigenvalue weighted by Crippen LogP contribution is -2.41. The van der Waals surface area contributed by atoms with Gasteiger partial charge in [0.1, 0.15) is 23.0 Å². The summed E-state index contributed by atoms with van der Waals surface area (Å²) in [5, 5.41) is 17.6. The summed E-state index contributed by atoms with van der Waals surface area (Å²) in [6.45, 7) is 50.8. The van der Waals surface area contributed by atoms with E-state index in [9.17, 15) is 0 Å². The molecule has 0 saturated carbocycles. The average molecular weight is 1750 g/mol. The Morgan fingerprint density at radius 2 is 0.544 bits per heavy atom. The number of ether oxygens (including phenoxy) is 4. The zero-order chi connectivity index (χ0) is 84.9. The predicted octanol–water partition coefficient (Wildman–Crippen LogP) is 21.1. The van der Waals surface area contributed by atoms with Crippen LogP contribution in [-0.2, 0) is 62.9 Å². The monoisotopic (exact) mass is 1750 g/mol. The molecule has 4 aliphatic heterocycles. The van der Waals surface area contributed by atoms with Gasteiger partial charge in [0.15, 0.2) is 0 Å². The fraction of sp³-hybridized carbons (Fsp3) is 0.478. The molecule has 4 heterocycles. The summed E-state index contributed by atoms with van der Waals surface area (Å²) in [7, 11) is 3.48. The van der Waals surface area contributed by atoms with Gasteiger partial charge in [-0.1, -0.05) is 218 Å². The van der Waals surface area contributed by atoms with Gasteiger partial charge in [0.25, 0.3) is 0 Å². The second-order valence-corrected chi connectivity index (χ2v) is 38.3. The fourth-order valence-electron chi connectivity index (χ4n) is 13.3. The van der Waals surface area contributed by atoms with Crippen LogP contribution in [0.1, 0.15) is 188 Å². The molecule has 114 heavy (non-hydrogen) atoms. The fourth-order valence-corrected chi connectivity index (χ4v) is 15.2. The smallest absolute Gasteiger partial charge is 0.494 e. The van der Waals surface area contributed by atoms with E-state index in [0.29, 0.717) is 34.9 Å². The van der Waals surface area contributed by atoms with E-state index in [1.807, 2.05) is 110 Å². The SMILES string of the molecule is CC(C)Cc1cc(Br)cc(Br)c1.CC1(C)OB(B2OC(C)(C)C(C)(C)O2)OC1(C)C.COc1ccccc1-c1cc(Br)cc(CC(C)C)c1.COc1ccccc1-c1cc(CC(C)C)cc(B2OC(C)(C)C(C)(C)O2)c1.COc1ccccc1-c1cc(CC(C)C)cc(B2OC(C)(C)C(C)(C)O2)c1.COc1ccccc1B(O)O. The van der Waals surface area contributed by atoms with E-state index in [0.717, 1.165) is 95.1 Å². The van der Waals surface area contributed by atoms with Gasteiger partial charge in [0.05, 0.1) is 73.2 Å². The molecule has 0 atom stereocenters. The molecule has 4 fully saturated rings. The van der Waals surface area contributed by atoms with Crippen LogP contribution in [0.4, 0.5) is 0 Å². The minimum Gasteiger partial charge on any atom is -0.497 e. The molecule has 12 rings (SSSR count). The number of methoxy groups -OCH3 is 4. The van der Waals surface area contributed by atoms with Crippen molar-refractivity contribution in [1.82, 2.24) is 0 Å². The Morgan fingerprint density at radius 1 is 0.307 bits per heavy atom. The summed E-state index contributed by atoms with van der Waals surface area (Å²) < 4.78 is 74.0. The number of hydrogen-bond donors (Lipinski definition) is 2. The van der Waals surface area contributed by atoms with E-state index >= 15 is 0 Å². The molecule has 2 N–H and O–H groups in total. The quantitative estimate of drug-likeness (QED) is 0.0739. The Bertz CT molecular complexity index is 4170. The van der Waals surface area contributed by atoms with Crippen molar-refractivity contribution in [2.24, 2.45) is 23.7 Å². The van der Waals surface area contributed by atoms with Crippen molar-refractivity contribution in [2.75, 3.05) is 28.4 Å². The van der Waals surface area contributed by atoms with Crippen molar-refractivity contribution in [1.29, 1.82) is 0 Å². The maximum atomic E-state index is 8.81. The van der Waals surface area contributed by atoms with Crippen LogP contribution in [-0.4, -0.2) is 119 Å². The van der Waals surface area contributed by atoms with Crippen LogP contribution in [0.15, 0.2) is 183 Å². The largest absolute Gasteiger partial charge is 0.497 e. The number of rotatable bonds is 19. The van der Waals surface area contributed by atoms with E-state index < -0.39 is 21.1 Å².